The average molecular weight is 614 g/mol. The van der Waals surface area contributed by atoms with Crippen LogP contribution in [0, 0.1) is 0 Å². The molecule has 7 aromatic carbocycles. The van der Waals surface area contributed by atoms with E-state index in [2.05, 4.69) is 154 Å². The first-order valence-electron chi connectivity index (χ1n) is 16.2. The van der Waals surface area contributed by atoms with Gasteiger partial charge in [0.15, 0.2) is 5.78 Å². The minimum Gasteiger partial charge on any atom is -0.309 e. The first-order valence-corrected chi connectivity index (χ1v) is 16.2. The van der Waals surface area contributed by atoms with Gasteiger partial charge in [-0.25, -0.2) is 0 Å². The van der Waals surface area contributed by atoms with Crippen LogP contribution in [-0.4, -0.2) is 19.9 Å². The van der Waals surface area contributed by atoms with Crippen LogP contribution < -0.4 is 0 Å². The number of hydrogen-bond donors (Lipinski definition) is 0. The Labute approximate surface area is 275 Å². The number of aromatic nitrogens is 3. The maximum atomic E-state index is 14.9. The van der Waals surface area contributed by atoms with Gasteiger partial charge in [0.05, 0.1) is 33.4 Å². The highest BCUT2D eigenvalue weighted by molar-refractivity contribution is 6.21. The molecule has 0 amide bonds. The summed E-state index contributed by atoms with van der Waals surface area (Å²) in [5, 5.41) is 9.00. The number of ketones is 1. The van der Waals surface area contributed by atoms with Crippen molar-refractivity contribution in [1.82, 2.24) is 14.1 Å². The second-order valence-electron chi connectivity index (χ2n) is 12.3. The fourth-order valence-corrected chi connectivity index (χ4v) is 7.68. The lowest BCUT2D eigenvalue weighted by Gasteiger charge is -2.21. The van der Waals surface area contributed by atoms with E-state index in [1.54, 1.807) is 12.4 Å². The number of rotatable bonds is 4. The topological polar surface area (TPSA) is 39.8 Å². The van der Waals surface area contributed by atoms with Gasteiger partial charge in [0.2, 0.25) is 0 Å². The van der Waals surface area contributed by atoms with Crippen molar-refractivity contribution in [3.05, 3.63) is 175 Å². The van der Waals surface area contributed by atoms with E-state index in [1.807, 2.05) is 12.1 Å². The lowest BCUT2D eigenvalue weighted by molar-refractivity contribution is 0.103. The van der Waals surface area contributed by atoms with Gasteiger partial charge >= 0.3 is 0 Å². The lowest BCUT2D eigenvalue weighted by atomic mass is 9.93. The Bertz CT molecular complexity index is 2810. The van der Waals surface area contributed by atoms with E-state index in [-0.39, 0.29) is 5.78 Å². The Morgan fingerprint density at radius 1 is 0.438 bits per heavy atom. The highest BCUT2D eigenvalue weighted by Gasteiger charge is 2.25. The van der Waals surface area contributed by atoms with Crippen molar-refractivity contribution in [2.75, 3.05) is 0 Å². The molecule has 0 spiro atoms. The summed E-state index contributed by atoms with van der Waals surface area (Å²) in [6, 6.07) is 52.8. The van der Waals surface area contributed by atoms with Crippen LogP contribution in [0.25, 0.3) is 76.5 Å². The molecule has 0 aliphatic heterocycles. The molecule has 0 unspecified atom stereocenters. The molecular weight excluding hydrogens is 587 g/mol. The van der Waals surface area contributed by atoms with Crippen molar-refractivity contribution in [3.8, 4) is 11.4 Å². The number of fused-ring (bicyclic) bond motifs is 8. The predicted octanol–water partition coefficient (Wildman–Crippen LogP) is 10.8. The van der Waals surface area contributed by atoms with Gasteiger partial charge in [0.1, 0.15) is 0 Å². The SMILES string of the molecule is O=C(c1ccncc1)c1cc(-n2c3ccccc3c3ccccc32)c2cc3ccccc3cc2c1-n1c2ccccc2c2ccccc21. The van der Waals surface area contributed by atoms with Crippen LogP contribution in [0.1, 0.15) is 15.9 Å². The van der Waals surface area contributed by atoms with Crippen LogP contribution in [0.15, 0.2) is 164 Å². The smallest absolute Gasteiger partial charge is 0.195 e. The van der Waals surface area contributed by atoms with Crippen molar-refractivity contribution in [2.45, 2.75) is 0 Å². The van der Waals surface area contributed by atoms with Gasteiger partial charge in [-0.1, -0.05) is 97.1 Å². The Morgan fingerprint density at radius 3 is 1.40 bits per heavy atom. The normalized spacial score (nSPS) is 11.8. The molecule has 0 bridgehead atoms. The van der Waals surface area contributed by atoms with Gasteiger partial charge in [-0.2, -0.15) is 0 Å². The predicted molar refractivity (Wildman–Crippen MR) is 198 cm³/mol. The van der Waals surface area contributed by atoms with Crippen molar-refractivity contribution in [3.63, 3.8) is 0 Å². The maximum absolute atomic E-state index is 14.9. The number of carbonyl (C=O) groups is 1. The molecule has 0 saturated carbocycles. The van der Waals surface area contributed by atoms with E-state index in [4.69, 9.17) is 0 Å². The maximum Gasteiger partial charge on any atom is 0.195 e. The molecule has 0 atom stereocenters. The zero-order chi connectivity index (χ0) is 31.8. The van der Waals surface area contributed by atoms with E-state index in [0.717, 1.165) is 65.8 Å². The second kappa shape index (κ2) is 10.2. The van der Waals surface area contributed by atoms with Crippen LogP contribution in [0.3, 0.4) is 0 Å². The third-order valence-electron chi connectivity index (χ3n) is 9.76. The number of hydrogen-bond acceptors (Lipinski definition) is 2. The molecule has 10 aromatic rings. The van der Waals surface area contributed by atoms with E-state index >= 15 is 0 Å². The first-order chi connectivity index (χ1) is 23.8. The molecule has 3 heterocycles. The van der Waals surface area contributed by atoms with Gasteiger partial charge in [-0.3, -0.25) is 9.78 Å². The van der Waals surface area contributed by atoms with Crippen LogP contribution in [0.2, 0.25) is 0 Å². The summed E-state index contributed by atoms with van der Waals surface area (Å²) in [7, 11) is 0. The molecule has 48 heavy (non-hydrogen) atoms. The zero-order valence-corrected chi connectivity index (χ0v) is 25.8. The number of nitrogens with zero attached hydrogens (tertiary/aromatic N) is 3. The van der Waals surface area contributed by atoms with Crippen LogP contribution in [0.4, 0.5) is 0 Å². The summed E-state index contributed by atoms with van der Waals surface area (Å²) < 4.78 is 4.63. The average Bonchev–Trinajstić information content (AvgIpc) is 3.66. The molecule has 0 aliphatic carbocycles. The molecule has 4 nitrogen and oxygen atoms in total. The molecule has 4 heteroatoms. The quantitative estimate of drug-likeness (QED) is 0.146. The van der Waals surface area contributed by atoms with Crippen LogP contribution in [-0.2, 0) is 0 Å². The first kappa shape index (κ1) is 26.7. The summed E-state index contributed by atoms with van der Waals surface area (Å²) in [6.45, 7) is 0. The molecule has 224 valence electrons. The minimum absolute atomic E-state index is 0.0497. The molecule has 10 rings (SSSR count). The van der Waals surface area contributed by atoms with Gasteiger partial charge in [-0.05, 0) is 65.4 Å². The van der Waals surface area contributed by atoms with E-state index in [1.165, 1.54) is 10.8 Å². The van der Waals surface area contributed by atoms with E-state index in [9.17, 15) is 4.79 Å². The van der Waals surface area contributed by atoms with Gasteiger partial charge in [0, 0.05) is 55.8 Å². The van der Waals surface area contributed by atoms with Crippen LogP contribution in [0.5, 0.6) is 0 Å². The number of pyridine rings is 1. The summed E-state index contributed by atoms with van der Waals surface area (Å²) in [6.07, 6.45) is 3.38. The van der Waals surface area contributed by atoms with Crippen molar-refractivity contribution >= 4 is 70.9 Å². The number of para-hydroxylation sites is 4. The Morgan fingerprint density at radius 2 is 0.875 bits per heavy atom. The summed E-state index contributed by atoms with van der Waals surface area (Å²) in [4.78, 5) is 19.2. The third-order valence-corrected chi connectivity index (χ3v) is 9.76. The Balaban J connectivity index is 1.46. The van der Waals surface area contributed by atoms with Crippen molar-refractivity contribution in [2.24, 2.45) is 0 Å². The fraction of sp³-hybridized carbons (Fsp3) is 0. The largest absolute Gasteiger partial charge is 0.309 e. The lowest BCUT2D eigenvalue weighted by Crippen LogP contribution is -2.11. The molecule has 0 aliphatic rings. The highest BCUT2D eigenvalue weighted by atomic mass is 16.1. The van der Waals surface area contributed by atoms with Crippen molar-refractivity contribution < 1.29 is 4.79 Å². The molecule has 0 saturated heterocycles. The van der Waals surface area contributed by atoms with Crippen molar-refractivity contribution in [1.29, 1.82) is 0 Å². The van der Waals surface area contributed by atoms with Gasteiger partial charge < -0.3 is 9.13 Å². The molecule has 0 fully saturated rings. The molecular formula is C44H27N3O. The highest BCUT2D eigenvalue weighted by Crippen LogP contribution is 2.42. The molecule has 0 N–H and O–H groups in total. The monoisotopic (exact) mass is 613 g/mol. The Hall–Kier alpha value is -6.52. The van der Waals surface area contributed by atoms with E-state index < -0.39 is 0 Å². The number of carbonyl (C=O) groups excluding carboxylic acids is 1. The number of benzene rings is 7. The fourth-order valence-electron chi connectivity index (χ4n) is 7.68. The minimum atomic E-state index is -0.0497. The third kappa shape index (κ3) is 3.77. The summed E-state index contributed by atoms with van der Waals surface area (Å²) >= 11 is 0. The molecule has 3 aromatic heterocycles. The van der Waals surface area contributed by atoms with Gasteiger partial charge in [-0.15, -0.1) is 0 Å². The van der Waals surface area contributed by atoms with Gasteiger partial charge in [0.25, 0.3) is 0 Å². The summed E-state index contributed by atoms with van der Waals surface area (Å²) in [5.41, 5.74) is 7.38. The zero-order valence-electron chi connectivity index (χ0n) is 25.8. The molecule has 0 radical (unpaired) electrons. The summed E-state index contributed by atoms with van der Waals surface area (Å²) in [5.74, 6) is -0.0497. The Kier molecular flexibility index (Phi) is 5.69. The van der Waals surface area contributed by atoms with Crippen LogP contribution >= 0.6 is 0 Å². The standard InChI is InChI=1S/C44H27N3O/c48-44(28-21-23-45-24-22-28)37-27-42(46-38-17-7-3-13-31(38)32-14-4-8-18-39(32)46)35-25-29-11-1-2-12-30(29)26-36(35)43(37)47-40-19-9-5-15-33(40)34-16-6-10-20-41(34)47/h1-27H. The second-order valence-corrected chi connectivity index (χ2v) is 12.3. The van der Waals surface area contributed by atoms with E-state index in [0.29, 0.717) is 11.1 Å².